The van der Waals surface area contributed by atoms with Gasteiger partial charge in [-0.3, -0.25) is 9.59 Å². The molecular weight excluding hydrogens is 324 g/mol. The van der Waals surface area contributed by atoms with E-state index in [9.17, 15) is 9.59 Å². The second-order valence-electron chi connectivity index (χ2n) is 7.58. The van der Waals surface area contributed by atoms with Gasteiger partial charge in [-0.1, -0.05) is 44.2 Å². The van der Waals surface area contributed by atoms with Crippen molar-refractivity contribution in [1.29, 1.82) is 0 Å². The third kappa shape index (κ3) is 4.72. The summed E-state index contributed by atoms with van der Waals surface area (Å²) >= 11 is 0. The number of benzene rings is 2. The number of carbonyl (C=O) groups excluding carboxylic acids is 2. The van der Waals surface area contributed by atoms with Gasteiger partial charge < -0.3 is 10.6 Å². The van der Waals surface area contributed by atoms with Crippen LogP contribution >= 0.6 is 0 Å². The minimum atomic E-state index is -0.652. The minimum absolute atomic E-state index is 0.0798. The monoisotopic (exact) mass is 352 g/mol. The van der Waals surface area contributed by atoms with Gasteiger partial charge in [-0.15, -0.1) is 0 Å². The van der Waals surface area contributed by atoms with Crippen molar-refractivity contribution >= 4 is 17.5 Å². The molecule has 0 aliphatic carbocycles. The number of anilines is 1. The van der Waals surface area contributed by atoms with Gasteiger partial charge in [0.15, 0.2) is 0 Å². The van der Waals surface area contributed by atoms with Gasteiger partial charge in [0.1, 0.15) is 0 Å². The summed E-state index contributed by atoms with van der Waals surface area (Å²) in [4.78, 5) is 25.0. The van der Waals surface area contributed by atoms with Crippen LogP contribution in [0.5, 0.6) is 0 Å². The standard InChI is InChI=1S/C22H28N2O2/c1-15(2)14-23-20(25)17-11-12-19(16(3)13-17)24-21(26)22(4,5)18-9-7-6-8-10-18/h6-13,15H,14H2,1-5H3,(H,23,25)(H,24,26). The maximum absolute atomic E-state index is 12.8. The summed E-state index contributed by atoms with van der Waals surface area (Å²) in [6, 6.07) is 15.0. The highest BCUT2D eigenvalue weighted by molar-refractivity contribution is 6.00. The Labute approximate surface area is 156 Å². The van der Waals surface area contributed by atoms with Gasteiger partial charge in [0.05, 0.1) is 5.41 Å². The molecule has 138 valence electrons. The zero-order valence-electron chi connectivity index (χ0n) is 16.2. The molecule has 0 heterocycles. The molecule has 0 aliphatic heterocycles. The van der Waals surface area contributed by atoms with Gasteiger partial charge in [0.25, 0.3) is 5.91 Å². The Morgan fingerprint density at radius 1 is 1.04 bits per heavy atom. The highest BCUT2D eigenvalue weighted by atomic mass is 16.2. The molecule has 0 saturated heterocycles. The number of nitrogens with one attached hydrogen (secondary N) is 2. The van der Waals surface area contributed by atoms with Gasteiger partial charge in [-0.25, -0.2) is 0 Å². The van der Waals surface area contributed by atoms with Crippen LogP contribution in [0, 0.1) is 12.8 Å². The first-order valence-corrected chi connectivity index (χ1v) is 8.97. The molecule has 0 aromatic heterocycles. The van der Waals surface area contributed by atoms with Crippen LogP contribution < -0.4 is 10.6 Å². The fraction of sp³-hybridized carbons (Fsp3) is 0.364. The predicted octanol–water partition coefficient (Wildman–Crippen LogP) is 4.30. The van der Waals surface area contributed by atoms with Crippen LogP contribution in [0.25, 0.3) is 0 Å². The molecule has 4 nitrogen and oxygen atoms in total. The first kappa shape index (κ1) is 19.7. The fourth-order valence-electron chi connectivity index (χ4n) is 2.61. The summed E-state index contributed by atoms with van der Waals surface area (Å²) in [6.45, 7) is 10.4. The molecule has 0 fully saturated rings. The zero-order valence-corrected chi connectivity index (χ0v) is 16.2. The van der Waals surface area contributed by atoms with Crippen molar-refractivity contribution in [2.45, 2.75) is 40.0 Å². The molecule has 2 aromatic carbocycles. The SMILES string of the molecule is Cc1cc(C(=O)NCC(C)C)ccc1NC(=O)C(C)(C)c1ccccc1. The molecule has 0 bridgehead atoms. The quantitative estimate of drug-likeness (QED) is 0.814. The largest absolute Gasteiger partial charge is 0.352 e. The van der Waals surface area contributed by atoms with Crippen molar-refractivity contribution in [2.24, 2.45) is 5.92 Å². The third-order valence-electron chi connectivity index (χ3n) is 4.47. The number of rotatable bonds is 6. The molecule has 0 saturated carbocycles. The van der Waals surface area contributed by atoms with Crippen molar-refractivity contribution in [1.82, 2.24) is 5.32 Å². The van der Waals surface area contributed by atoms with Gasteiger partial charge in [0, 0.05) is 17.8 Å². The van der Waals surface area contributed by atoms with E-state index in [0.717, 1.165) is 16.8 Å². The molecule has 0 aliphatic rings. The summed E-state index contributed by atoms with van der Waals surface area (Å²) in [7, 11) is 0. The first-order chi connectivity index (χ1) is 12.2. The zero-order chi connectivity index (χ0) is 19.3. The molecule has 26 heavy (non-hydrogen) atoms. The number of hydrogen-bond acceptors (Lipinski definition) is 2. The van der Waals surface area contributed by atoms with E-state index in [0.29, 0.717) is 18.0 Å². The lowest BCUT2D eigenvalue weighted by molar-refractivity contribution is -0.120. The maximum Gasteiger partial charge on any atom is 0.251 e. The number of aryl methyl sites for hydroxylation is 1. The van der Waals surface area contributed by atoms with E-state index < -0.39 is 5.41 Å². The van der Waals surface area contributed by atoms with Crippen LogP contribution in [0.3, 0.4) is 0 Å². The highest BCUT2D eigenvalue weighted by Crippen LogP contribution is 2.26. The molecule has 0 spiro atoms. The van der Waals surface area contributed by atoms with E-state index in [1.807, 2.05) is 51.1 Å². The Morgan fingerprint density at radius 3 is 2.27 bits per heavy atom. The van der Waals surface area contributed by atoms with Crippen LogP contribution in [0.2, 0.25) is 0 Å². The fourth-order valence-corrected chi connectivity index (χ4v) is 2.61. The average molecular weight is 352 g/mol. The Morgan fingerprint density at radius 2 is 1.69 bits per heavy atom. The predicted molar refractivity (Wildman–Crippen MR) is 106 cm³/mol. The minimum Gasteiger partial charge on any atom is -0.352 e. The van der Waals surface area contributed by atoms with Crippen molar-refractivity contribution in [2.75, 3.05) is 11.9 Å². The van der Waals surface area contributed by atoms with Crippen LogP contribution in [-0.2, 0) is 10.2 Å². The average Bonchev–Trinajstić information content (AvgIpc) is 2.61. The lowest BCUT2D eigenvalue weighted by Gasteiger charge is -2.24. The third-order valence-corrected chi connectivity index (χ3v) is 4.47. The van der Waals surface area contributed by atoms with Crippen molar-refractivity contribution in [3.05, 3.63) is 65.2 Å². The van der Waals surface area contributed by atoms with Gasteiger partial charge in [-0.05, 0) is 56.0 Å². The van der Waals surface area contributed by atoms with E-state index in [1.54, 1.807) is 18.2 Å². The topological polar surface area (TPSA) is 58.2 Å². The summed E-state index contributed by atoms with van der Waals surface area (Å²) in [5.74, 6) is 0.229. The molecule has 4 heteroatoms. The Bertz CT molecular complexity index is 780. The highest BCUT2D eigenvalue weighted by Gasteiger charge is 2.29. The molecule has 2 rings (SSSR count). The smallest absolute Gasteiger partial charge is 0.251 e. The van der Waals surface area contributed by atoms with Crippen molar-refractivity contribution in [3.8, 4) is 0 Å². The van der Waals surface area contributed by atoms with Gasteiger partial charge in [0.2, 0.25) is 5.91 Å². The number of carbonyl (C=O) groups is 2. The van der Waals surface area contributed by atoms with E-state index in [4.69, 9.17) is 0 Å². The molecule has 2 N–H and O–H groups in total. The second kappa shape index (κ2) is 8.17. The summed E-state index contributed by atoms with van der Waals surface area (Å²) in [6.07, 6.45) is 0. The van der Waals surface area contributed by atoms with E-state index in [-0.39, 0.29) is 11.8 Å². The van der Waals surface area contributed by atoms with E-state index in [1.165, 1.54) is 0 Å². The van der Waals surface area contributed by atoms with Crippen molar-refractivity contribution < 1.29 is 9.59 Å². The first-order valence-electron chi connectivity index (χ1n) is 8.97. The molecule has 2 aromatic rings. The molecule has 0 unspecified atom stereocenters. The van der Waals surface area contributed by atoms with Crippen LogP contribution in [0.1, 0.15) is 49.2 Å². The maximum atomic E-state index is 12.8. The molecular formula is C22H28N2O2. The lowest BCUT2D eigenvalue weighted by Crippen LogP contribution is -2.35. The second-order valence-corrected chi connectivity index (χ2v) is 7.58. The molecule has 0 radical (unpaired) electrons. The lowest BCUT2D eigenvalue weighted by atomic mass is 9.83. The number of hydrogen-bond donors (Lipinski definition) is 2. The van der Waals surface area contributed by atoms with Crippen LogP contribution in [-0.4, -0.2) is 18.4 Å². The Balaban J connectivity index is 2.12. The van der Waals surface area contributed by atoms with Crippen LogP contribution in [0.4, 0.5) is 5.69 Å². The summed E-state index contributed by atoms with van der Waals surface area (Å²) in [5.41, 5.74) is 2.49. The normalized spacial score (nSPS) is 11.3. The molecule has 2 amide bonds. The summed E-state index contributed by atoms with van der Waals surface area (Å²) < 4.78 is 0. The molecule has 0 atom stereocenters. The van der Waals surface area contributed by atoms with E-state index in [2.05, 4.69) is 24.5 Å². The van der Waals surface area contributed by atoms with Crippen molar-refractivity contribution in [3.63, 3.8) is 0 Å². The van der Waals surface area contributed by atoms with E-state index >= 15 is 0 Å². The van der Waals surface area contributed by atoms with Gasteiger partial charge >= 0.3 is 0 Å². The Hall–Kier alpha value is -2.62. The number of amides is 2. The van der Waals surface area contributed by atoms with Gasteiger partial charge in [-0.2, -0.15) is 0 Å². The van der Waals surface area contributed by atoms with Crippen LogP contribution in [0.15, 0.2) is 48.5 Å². The Kier molecular flexibility index (Phi) is 6.19. The summed E-state index contributed by atoms with van der Waals surface area (Å²) in [5, 5.41) is 5.90.